The summed E-state index contributed by atoms with van der Waals surface area (Å²) in [4.78, 5) is 0. The van der Waals surface area contributed by atoms with Gasteiger partial charge in [-0.1, -0.05) is 50.5 Å². The molecule has 0 bridgehead atoms. The average Bonchev–Trinajstić information content (AvgIpc) is 2.43. The van der Waals surface area contributed by atoms with E-state index in [4.69, 9.17) is 5.26 Å². The zero-order chi connectivity index (χ0) is 14.0. The fourth-order valence-corrected chi connectivity index (χ4v) is 2.04. The Morgan fingerprint density at radius 2 is 1.16 bits per heavy atom. The fraction of sp³-hybridized carbons (Fsp3) is 0.722. The largest absolute Gasteiger partial charge is 0.198 e. The van der Waals surface area contributed by atoms with E-state index < -0.39 is 0 Å². The Hall–Kier alpha value is -1.03. The van der Waals surface area contributed by atoms with Gasteiger partial charge in [0.1, 0.15) is 0 Å². The first-order chi connectivity index (χ1) is 9.41. The predicted molar refractivity (Wildman–Crippen MR) is 85.0 cm³/mol. The zero-order valence-corrected chi connectivity index (χ0v) is 12.7. The molecule has 0 aliphatic heterocycles. The number of hydrogen-bond donors (Lipinski definition) is 0. The van der Waals surface area contributed by atoms with Crippen LogP contribution in [0.2, 0.25) is 0 Å². The molecule has 1 heteroatoms. The lowest BCUT2D eigenvalue weighted by atomic mass is 10.1. The Morgan fingerprint density at radius 3 is 1.63 bits per heavy atom. The van der Waals surface area contributed by atoms with Crippen molar-refractivity contribution in [1.82, 2.24) is 0 Å². The molecule has 0 heterocycles. The van der Waals surface area contributed by atoms with Crippen LogP contribution < -0.4 is 0 Å². The Bertz CT molecular complexity index is 257. The van der Waals surface area contributed by atoms with Crippen molar-refractivity contribution in [3.05, 3.63) is 24.3 Å². The maximum absolute atomic E-state index is 8.40. The summed E-state index contributed by atoms with van der Waals surface area (Å²) in [6.07, 6.45) is 23.7. The van der Waals surface area contributed by atoms with Crippen molar-refractivity contribution in [2.75, 3.05) is 0 Å². The van der Waals surface area contributed by atoms with E-state index >= 15 is 0 Å². The lowest BCUT2D eigenvalue weighted by molar-refractivity contribution is 0.650. The SMILES string of the molecule is CC/C=C\CCCCCC/C=C\CCCCCC#N. The molecule has 0 aliphatic carbocycles. The summed E-state index contributed by atoms with van der Waals surface area (Å²) in [6.45, 7) is 2.19. The van der Waals surface area contributed by atoms with Gasteiger partial charge in [-0.3, -0.25) is 0 Å². The third kappa shape index (κ3) is 17.0. The molecule has 0 saturated heterocycles. The molecule has 0 aromatic heterocycles. The second-order valence-electron chi connectivity index (χ2n) is 5.10. The van der Waals surface area contributed by atoms with E-state index in [0.29, 0.717) is 0 Å². The van der Waals surface area contributed by atoms with Crippen molar-refractivity contribution in [2.45, 2.75) is 84.0 Å². The maximum atomic E-state index is 8.40. The van der Waals surface area contributed by atoms with Crippen LogP contribution in [0.1, 0.15) is 84.0 Å². The summed E-state index contributed by atoms with van der Waals surface area (Å²) in [7, 11) is 0. The fourth-order valence-electron chi connectivity index (χ4n) is 2.04. The zero-order valence-electron chi connectivity index (χ0n) is 12.7. The number of rotatable bonds is 13. The Balaban J connectivity index is 3.09. The third-order valence-corrected chi connectivity index (χ3v) is 3.22. The second kappa shape index (κ2) is 17.0. The third-order valence-electron chi connectivity index (χ3n) is 3.22. The molecular weight excluding hydrogens is 230 g/mol. The second-order valence-corrected chi connectivity index (χ2v) is 5.10. The van der Waals surface area contributed by atoms with Crippen molar-refractivity contribution >= 4 is 0 Å². The van der Waals surface area contributed by atoms with Gasteiger partial charge in [0.05, 0.1) is 6.07 Å². The van der Waals surface area contributed by atoms with Gasteiger partial charge in [-0.05, 0) is 51.4 Å². The first kappa shape index (κ1) is 18.0. The lowest BCUT2D eigenvalue weighted by Crippen LogP contribution is -1.77. The first-order valence-electron chi connectivity index (χ1n) is 8.08. The van der Waals surface area contributed by atoms with Gasteiger partial charge in [-0.25, -0.2) is 0 Å². The van der Waals surface area contributed by atoms with Gasteiger partial charge in [0, 0.05) is 6.42 Å². The van der Waals surface area contributed by atoms with E-state index in [-0.39, 0.29) is 0 Å². The summed E-state index contributed by atoms with van der Waals surface area (Å²) < 4.78 is 0. The van der Waals surface area contributed by atoms with Crippen molar-refractivity contribution in [2.24, 2.45) is 0 Å². The molecule has 0 radical (unpaired) electrons. The molecule has 0 aromatic carbocycles. The number of hydrogen-bond acceptors (Lipinski definition) is 1. The average molecular weight is 261 g/mol. The number of nitrogens with zero attached hydrogens (tertiary/aromatic N) is 1. The van der Waals surface area contributed by atoms with Gasteiger partial charge in [-0.2, -0.15) is 5.26 Å². The minimum atomic E-state index is 0.719. The molecule has 0 aromatic rings. The van der Waals surface area contributed by atoms with Crippen molar-refractivity contribution in [3.8, 4) is 6.07 Å². The topological polar surface area (TPSA) is 23.8 Å². The van der Waals surface area contributed by atoms with E-state index in [1.165, 1.54) is 64.2 Å². The summed E-state index contributed by atoms with van der Waals surface area (Å²) in [5.41, 5.74) is 0. The van der Waals surface area contributed by atoms with E-state index in [1.807, 2.05) is 0 Å². The van der Waals surface area contributed by atoms with Crippen LogP contribution in [0, 0.1) is 11.3 Å². The molecule has 0 rings (SSSR count). The Kier molecular flexibility index (Phi) is 16.1. The van der Waals surface area contributed by atoms with Crippen molar-refractivity contribution in [3.63, 3.8) is 0 Å². The molecule has 0 atom stereocenters. The van der Waals surface area contributed by atoms with E-state index in [1.54, 1.807) is 0 Å². The molecule has 19 heavy (non-hydrogen) atoms. The van der Waals surface area contributed by atoms with Gasteiger partial charge in [0.25, 0.3) is 0 Å². The molecule has 108 valence electrons. The lowest BCUT2D eigenvalue weighted by Gasteiger charge is -1.97. The smallest absolute Gasteiger partial charge is 0.0621 e. The number of nitriles is 1. The first-order valence-corrected chi connectivity index (χ1v) is 8.08. The molecule has 0 fully saturated rings. The molecule has 1 nitrogen and oxygen atoms in total. The van der Waals surface area contributed by atoms with Crippen LogP contribution in [0.15, 0.2) is 24.3 Å². The van der Waals surface area contributed by atoms with Crippen LogP contribution in [-0.2, 0) is 0 Å². The van der Waals surface area contributed by atoms with E-state index in [0.717, 1.165) is 12.8 Å². The highest BCUT2D eigenvalue weighted by Gasteiger charge is 1.88. The van der Waals surface area contributed by atoms with Crippen LogP contribution in [0.5, 0.6) is 0 Å². The van der Waals surface area contributed by atoms with E-state index in [2.05, 4.69) is 37.3 Å². The molecule has 0 saturated carbocycles. The van der Waals surface area contributed by atoms with Gasteiger partial charge < -0.3 is 0 Å². The number of allylic oxidation sites excluding steroid dienone is 4. The Morgan fingerprint density at radius 1 is 0.684 bits per heavy atom. The van der Waals surface area contributed by atoms with Crippen molar-refractivity contribution in [1.29, 1.82) is 5.26 Å². The van der Waals surface area contributed by atoms with Gasteiger partial charge >= 0.3 is 0 Å². The molecule has 0 spiro atoms. The van der Waals surface area contributed by atoms with Crippen molar-refractivity contribution < 1.29 is 0 Å². The van der Waals surface area contributed by atoms with Crippen LogP contribution in [0.4, 0.5) is 0 Å². The van der Waals surface area contributed by atoms with Gasteiger partial charge in [0.15, 0.2) is 0 Å². The number of unbranched alkanes of at least 4 members (excludes halogenated alkanes) is 9. The van der Waals surface area contributed by atoms with Crippen LogP contribution in [-0.4, -0.2) is 0 Å². The summed E-state index contributed by atoms with van der Waals surface area (Å²) in [5, 5.41) is 8.40. The highest BCUT2D eigenvalue weighted by atomic mass is 14.2. The summed E-state index contributed by atoms with van der Waals surface area (Å²) in [6, 6.07) is 2.19. The van der Waals surface area contributed by atoms with Gasteiger partial charge in [0.2, 0.25) is 0 Å². The molecular formula is C18H31N. The Labute approximate surface area is 120 Å². The van der Waals surface area contributed by atoms with Crippen LogP contribution in [0.25, 0.3) is 0 Å². The van der Waals surface area contributed by atoms with Gasteiger partial charge in [-0.15, -0.1) is 0 Å². The predicted octanol–water partition coefficient (Wildman–Crippen LogP) is 6.32. The quantitative estimate of drug-likeness (QED) is 0.281. The highest BCUT2D eigenvalue weighted by Crippen LogP contribution is 2.08. The maximum Gasteiger partial charge on any atom is 0.0621 e. The monoisotopic (exact) mass is 261 g/mol. The van der Waals surface area contributed by atoms with Crippen LogP contribution >= 0.6 is 0 Å². The normalized spacial score (nSPS) is 11.4. The molecule has 0 N–H and O–H groups in total. The highest BCUT2D eigenvalue weighted by molar-refractivity contribution is 4.82. The summed E-state index contributed by atoms with van der Waals surface area (Å²) >= 11 is 0. The van der Waals surface area contributed by atoms with Crippen LogP contribution in [0.3, 0.4) is 0 Å². The minimum Gasteiger partial charge on any atom is -0.198 e. The minimum absolute atomic E-state index is 0.719. The standard InChI is InChI=1S/C18H31N/c1-2-3-4-5-6-7-8-9-10-11-12-13-14-15-16-17-18-19/h3-4,11-12H,2,5-10,13-17H2,1H3/b4-3-,12-11-. The molecule has 0 aliphatic rings. The molecule has 0 unspecified atom stereocenters. The summed E-state index contributed by atoms with van der Waals surface area (Å²) in [5.74, 6) is 0. The molecule has 0 amide bonds. The van der Waals surface area contributed by atoms with E-state index in [9.17, 15) is 0 Å².